The van der Waals surface area contributed by atoms with Gasteiger partial charge in [0.15, 0.2) is 11.5 Å². The Hall–Kier alpha value is -4.32. The van der Waals surface area contributed by atoms with Gasteiger partial charge in [-0.15, -0.1) is 0 Å². The van der Waals surface area contributed by atoms with Gasteiger partial charge in [-0.3, -0.25) is 14.3 Å². The minimum atomic E-state index is -0.567. The molecule has 2 heterocycles. The molecule has 0 atom stereocenters. The molecule has 4 rings (SSSR count). The first-order valence-electron chi connectivity index (χ1n) is 9.27. The van der Waals surface area contributed by atoms with Crippen molar-refractivity contribution in [1.82, 2.24) is 9.55 Å². The molecule has 4 aromatic rings. The van der Waals surface area contributed by atoms with Crippen molar-refractivity contribution >= 4 is 11.0 Å². The van der Waals surface area contributed by atoms with Crippen molar-refractivity contribution in [3.05, 3.63) is 86.6 Å². The number of nitrogens with one attached hydrogen (secondary N) is 1. The third kappa shape index (κ3) is 4.33. The van der Waals surface area contributed by atoms with Crippen LogP contribution in [0.4, 0.5) is 4.39 Å². The summed E-state index contributed by atoms with van der Waals surface area (Å²) in [4.78, 5) is 25.1. The van der Waals surface area contributed by atoms with Crippen molar-refractivity contribution in [1.29, 1.82) is 5.26 Å². The monoisotopic (exact) mass is 421 g/mol. The van der Waals surface area contributed by atoms with E-state index >= 15 is 0 Å². The van der Waals surface area contributed by atoms with Crippen LogP contribution >= 0.6 is 0 Å². The van der Waals surface area contributed by atoms with Gasteiger partial charge in [0.2, 0.25) is 5.76 Å². The number of ether oxygens (including phenoxy) is 2. The van der Waals surface area contributed by atoms with E-state index in [9.17, 15) is 14.0 Å². The number of benzene rings is 2. The highest BCUT2D eigenvalue weighted by molar-refractivity contribution is 5.86. The second-order valence-electron chi connectivity index (χ2n) is 6.74. The third-order valence-corrected chi connectivity index (χ3v) is 4.47. The Bertz CT molecular complexity index is 1430. The zero-order valence-corrected chi connectivity index (χ0v) is 16.3. The number of aromatic amines is 1. The predicted molar refractivity (Wildman–Crippen MR) is 109 cm³/mol. The van der Waals surface area contributed by atoms with E-state index in [0.717, 1.165) is 5.56 Å². The first kappa shape index (κ1) is 20.0. The van der Waals surface area contributed by atoms with E-state index in [0.29, 0.717) is 16.7 Å². The lowest BCUT2D eigenvalue weighted by molar-refractivity contribution is 0.282. The highest BCUT2D eigenvalue weighted by atomic mass is 19.1. The maximum absolute atomic E-state index is 13.8. The van der Waals surface area contributed by atoms with Crippen molar-refractivity contribution in [2.24, 2.45) is 0 Å². The van der Waals surface area contributed by atoms with Gasteiger partial charge in [0.25, 0.3) is 5.56 Å². The molecule has 2 aromatic carbocycles. The van der Waals surface area contributed by atoms with E-state index in [1.54, 1.807) is 18.2 Å². The molecule has 1 N–H and O–H groups in total. The summed E-state index contributed by atoms with van der Waals surface area (Å²) in [7, 11) is 0. The Balaban J connectivity index is 1.60. The Morgan fingerprint density at radius 3 is 2.74 bits per heavy atom. The van der Waals surface area contributed by atoms with Crippen molar-refractivity contribution in [3.63, 3.8) is 0 Å². The first-order valence-corrected chi connectivity index (χ1v) is 9.27. The lowest BCUT2D eigenvalue weighted by Gasteiger charge is -2.14. The summed E-state index contributed by atoms with van der Waals surface area (Å²) in [6, 6.07) is 12.1. The summed E-state index contributed by atoms with van der Waals surface area (Å²) in [5, 5.41) is 9.69. The predicted octanol–water partition coefficient (Wildman–Crippen LogP) is 3.47. The normalized spacial score (nSPS) is 10.7. The van der Waals surface area contributed by atoms with Gasteiger partial charge in [0.1, 0.15) is 29.8 Å². The SMILES string of the molecule is Cc1cc(Oc2ccc(F)cc2OCCn2ccc(=O)[nH]c2=O)c2cc(C#N)oc2c1. The average Bonchev–Trinajstić information content (AvgIpc) is 3.14. The van der Waals surface area contributed by atoms with Gasteiger partial charge < -0.3 is 13.9 Å². The van der Waals surface area contributed by atoms with Crippen LogP contribution in [0, 0.1) is 24.1 Å². The molecule has 0 saturated carbocycles. The molecule has 0 aliphatic carbocycles. The fourth-order valence-corrected chi connectivity index (χ4v) is 3.05. The van der Waals surface area contributed by atoms with E-state index in [-0.39, 0.29) is 30.4 Å². The van der Waals surface area contributed by atoms with Crippen molar-refractivity contribution in [2.75, 3.05) is 6.61 Å². The number of fused-ring (bicyclic) bond motifs is 1. The average molecular weight is 421 g/mol. The number of aromatic nitrogens is 2. The molecule has 8 nitrogen and oxygen atoms in total. The number of halogens is 1. The zero-order valence-electron chi connectivity index (χ0n) is 16.3. The van der Waals surface area contributed by atoms with Gasteiger partial charge in [-0.1, -0.05) is 0 Å². The fraction of sp³-hybridized carbons (Fsp3) is 0.136. The van der Waals surface area contributed by atoms with Crippen molar-refractivity contribution in [2.45, 2.75) is 13.5 Å². The van der Waals surface area contributed by atoms with Crippen LogP contribution in [0.5, 0.6) is 17.2 Å². The summed E-state index contributed by atoms with van der Waals surface area (Å²) in [5.74, 6) is 0.437. The van der Waals surface area contributed by atoms with E-state index in [1.165, 1.54) is 35.0 Å². The van der Waals surface area contributed by atoms with Gasteiger partial charge >= 0.3 is 5.69 Å². The Kier molecular flexibility index (Phi) is 5.28. The number of hydrogen-bond donors (Lipinski definition) is 1. The van der Waals surface area contributed by atoms with Crippen molar-refractivity contribution in [3.8, 4) is 23.3 Å². The maximum atomic E-state index is 13.8. The number of hydrogen-bond acceptors (Lipinski definition) is 6. The number of furan rings is 1. The van der Waals surface area contributed by atoms with Gasteiger partial charge in [-0.25, -0.2) is 9.18 Å². The maximum Gasteiger partial charge on any atom is 0.328 e. The zero-order chi connectivity index (χ0) is 22.0. The summed E-state index contributed by atoms with van der Waals surface area (Å²) < 4.78 is 32.2. The Morgan fingerprint density at radius 2 is 1.97 bits per heavy atom. The van der Waals surface area contributed by atoms with Crippen LogP contribution in [0.15, 0.2) is 62.7 Å². The fourth-order valence-electron chi connectivity index (χ4n) is 3.05. The van der Waals surface area contributed by atoms with Crippen LogP contribution in [0.1, 0.15) is 11.3 Å². The summed E-state index contributed by atoms with van der Waals surface area (Å²) in [5.41, 5.74) is 0.283. The van der Waals surface area contributed by atoms with E-state index in [2.05, 4.69) is 4.98 Å². The summed E-state index contributed by atoms with van der Waals surface area (Å²) >= 11 is 0. The van der Waals surface area contributed by atoms with Crippen LogP contribution in [0.3, 0.4) is 0 Å². The molecule has 0 saturated heterocycles. The van der Waals surface area contributed by atoms with E-state index in [4.69, 9.17) is 19.2 Å². The second kappa shape index (κ2) is 8.20. The highest BCUT2D eigenvalue weighted by Crippen LogP contribution is 2.37. The standard InChI is InChI=1S/C22H16FN3O5/c1-13-8-18-16(11-15(12-24)30-18)19(9-13)31-17-3-2-14(23)10-20(17)29-7-6-26-5-4-21(27)25-22(26)28/h2-5,8-11H,6-7H2,1H3,(H,25,27,28). The molecule has 0 fully saturated rings. The molecular formula is C22H16FN3O5. The van der Waals surface area contributed by atoms with Crippen LogP contribution in [-0.4, -0.2) is 16.2 Å². The molecule has 0 spiro atoms. The molecule has 31 heavy (non-hydrogen) atoms. The van der Waals surface area contributed by atoms with Crippen LogP contribution < -0.4 is 20.7 Å². The largest absolute Gasteiger partial charge is 0.488 e. The highest BCUT2D eigenvalue weighted by Gasteiger charge is 2.14. The number of aryl methyl sites for hydroxylation is 1. The molecular weight excluding hydrogens is 405 g/mol. The van der Waals surface area contributed by atoms with E-state index < -0.39 is 17.1 Å². The van der Waals surface area contributed by atoms with Crippen LogP contribution in [0.25, 0.3) is 11.0 Å². The number of nitriles is 1. The minimum absolute atomic E-state index is 0.0271. The topological polar surface area (TPSA) is 110 Å². The van der Waals surface area contributed by atoms with Gasteiger partial charge in [-0.05, 0) is 36.8 Å². The molecule has 0 unspecified atom stereocenters. The minimum Gasteiger partial charge on any atom is -0.488 e. The van der Waals surface area contributed by atoms with Crippen LogP contribution in [0.2, 0.25) is 0 Å². The summed E-state index contributed by atoms with van der Waals surface area (Å²) in [6.45, 7) is 2.01. The Labute approximate surface area is 174 Å². The van der Waals surface area contributed by atoms with Gasteiger partial charge in [0.05, 0.1) is 11.9 Å². The smallest absolute Gasteiger partial charge is 0.328 e. The van der Waals surface area contributed by atoms with E-state index in [1.807, 2.05) is 13.0 Å². The number of H-pyrrole nitrogens is 1. The molecule has 0 bridgehead atoms. The lowest BCUT2D eigenvalue weighted by atomic mass is 10.1. The molecule has 9 heteroatoms. The van der Waals surface area contributed by atoms with Gasteiger partial charge in [-0.2, -0.15) is 5.26 Å². The lowest BCUT2D eigenvalue weighted by Crippen LogP contribution is -2.30. The third-order valence-electron chi connectivity index (χ3n) is 4.47. The van der Waals surface area contributed by atoms with Crippen LogP contribution in [-0.2, 0) is 6.54 Å². The first-order chi connectivity index (χ1) is 14.9. The molecule has 0 aliphatic heterocycles. The number of nitrogens with zero attached hydrogens (tertiary/aromatic N) is 2. The van der Waals surface area contributed by atoms with Gasteiger partial charge in [0, 0.05) is 24.4 Å². The molecule has 0 amide bonds. The molecule has 0 aliphatic rings. The molecule has 0 radical (unpaired) electrons. The molecule has 2 aromatic heterocycles. The molecule has 156 valence electrons. The summed E-state index contributed by atoms with van der Waals surface area (Å²) in [6.07, 6.45) is 1.35. The second-order valence-corrected chi connectivity index (χ2v) is 6.74. The Morgan fingerprint density at radius 1 is 1.13 bits per heavy atom. The van der Waals surface area contributed by atoms with Crippen molar-refractivity contribution < 1.29 is 18.3 Å². The quantitative estimate of drug-likeness (QED) is 0.510. The number of rotatable bonds is 6.